The summed E-state index contributed by atoms with van der Waals surface area (Å²) in [5.74, 6) is 0. The largest absolute Gasteiger partial charge is 0.300 e. The maximum Gasteiger partial charge on any atom is 0.00407 e. The summed E-state index contributed by atoms with van der Waals surface area (Å²) in [4.78, 5) is 2.65. The second-order valence-electron chi connectivity index (χ2n) is 4.67. The van der Waals surface area contributed by atoms with Crippen LogP contribution in [-0.4, -0.2) is 24.0 Å². The van der Waals surface area contributed by atoms with E-state index in [1.807, 2.05) is 13.8 Å². The zero-order valence-electron chi connectivity index (χ0n) is 9.77. The van der Waals surface area contributed by atoms with E-state index in [1.54, 1.807) is 0 Å². The molecule has 1 aliphatic carbocycles. The predicted molar refractivity (Wildman–Crippen MR) is 59.0 cm³/mol. The van der Waals surface area contributed by atoms with E-state index in [4.69, 9.17) is 0 Å². The highest BCUT2D eigenvalue weighted by atomic mass is 15.2. The number of hydrogen-bond acceptors (Lipinski definition) is 1. The summed E-state index contributed by atoms with van der Waals surface area (Å²) in [6, 6.07) is 0.771. The third-order valence-corrected chi connectivity index (χ3v) is 3.38. The smallest absolute Gasteiger partial charge is 0.00407 e. The van der Waals surface area contributed by atoms with E-state index < -0.39 is 0 Å². The molecule has 0 amide bonds. The summed E-state index contributed by atoms with van der Waals surface area (Å²) in [6.07, 6.45) is 5.97. The van der Waals surface area contributed by atoms with Crippen molar-refractivity contribution in [3.05, 3.63) is 0 Å². The molecule has 0 aromatic carbocycles. The minimum atomic E-state index is 0.771. The monoisotopic (exact) mass is 183 g/mol. The molecule has 0 N–H and O–H groups in total. The molecule has 1 saturated heterocycles. The Balaban J connectivity index is 0.000000396. The van der Waals surface area contributed by atoms with Crippen LogP contribution in [0.4, 0.5) is 0 Å². The number of hydrogen-bond donors (Lipinski definition) is 0. The summed E-state index contributed by atoms with van der Waals surface area (Å²) in [5, 5.41) is 0. The van der Waals surface area contributed by atoms with Gasteiger partial charge in [0.05, 0.1) is 0 Å². The zero-order chi connectivity index (χ0) is 9.90. The number of rotatable bonds is 1. The molecule has 78 valence electrons. The van der Waals surface area contributed by atoms with E-state index in [0.29, 0.717) is 0 Å². The minimum Gasteiger partial charge on any atom is -0.300 e. The standard InChI is InChI=1S/C10H19N.C2H6/c1-9(2)11-7-3-4-10(8-11)5-6-10;1-2/h9H,3-8H2,1-2H3;1-2H3. The van der Waals surface area contributed by atoms with Crippen LogP contribution in [0.2, 0.25) is 0 Å². The van der Waals surface area contributed by atoms with Gasteiger partial charge in [-0.25, -0.2) is 0 Å². The Morgan fingerprint density at radius 3 is 2.15 bits per heavy atom. The molecule has 0 aromatic rings. The van der Waals surface area contributed by atoms with Gasteiger partial charge in [-0.15, -0.1) is 0 Å². The first-order valence-electron chi connectivity index (χ1n) is 5.96. The molecule has 2 aliphatic rings. The molecule has 1 heteroatoms. The third kappa shape index (κ3) is 2.70. The Labute approximate surface area is 83.5 Å². The Morgan fingerprint density at radius 1 is 1.08 bits per heavy atom. The van der Waals surface area contributed by atoms with Crippen LogP contribution >= 0.6 is 0 Å². The SMILES string of the molecule is CC.CC(C)N1CCCC2(CC2)C1. The number of nitrogens with zero attached hydrogens (tertiary/aromatic N) is 1. The Morgan fingerprint density at radius 2 is 1.69 bits per heavy atom. The van der Waals surface area contributed by atoms with Crippen molar-refractivity contribution in [3.8, 4) is 0 Å². The molecular weight excluding hydrogens is 158 g/mol. The molecule has 0 radical (unpaired) electrons. The molecule has 2 rings (SSSR count). The highest BCUT2D eigenvalue weighted by molar-refractivity contribution is 4.98. The average Bonchev–Trinajstić information content (AvgIpc) is 2.88. The molecule has 2 fully saturated rings. The maximum atomic E-state index is 2.65. The van der Waals surface area contributed by atoms with Gasteiger partial charge >= 0.3 is 0 Å². The molecule has 1 aliphatic heterocycles. The van der Waals surface area contributed by atoms with Crippen LogP contribution in [0, 0.1) is 5.41 Å². The van der Waals surface area contributed by atoms with Crippen LogP contribution in [0.3, 0.4) is 0 Å². The molecule has 1 nitrogen and oxygen atoms in total. The molecule has 1 heterocycles. The predicted octanol–water partition coefficient (Wildman–Crippen LogP) is 3.30. The summed E-state index contributed by atoms with van der Waals surface area (Å²) >= 11 is 0. The molecular formula is C12H25N. The summed E-state index contributed by atoms with van der Waals surface area (Å²) in [7, 11) is 0. The zero-order valence-corrected chi connectivity index (χ0v) is 9.77. The van der Waals surface area contributed by atoms with Gasteiger partial charge in [0.25, 0.3) is 0 Å². The summed E-state index contributed by atoms with van der Waals surface area (Å²) in [5.41, 5.74) is 0.808. The topological polar surface area (TPSA) is 3.24 Å². The van der Waals surface area contributed by atoms with Crippen molar-refractivity contribution in [2.45, 2.75) is 59.4 Å². The van der Waals surface area contributed by atoms with E-state index in [0.717, 1.165) is 11.5 Å². The lowest BCUT2D eigenvalue weighted by molar-refractivity contribution is 0.128. The fourth-order valence-electron chi connectivity index (χ4n) is 2.27. The summed E-state index contributed by atoms with van der Waals surface area (Å²) in [6.45, 7) is 11.4. The number of likely N-dealkylation sites (tertiary alicyclic amines) is 1. The second kappa shape index (κ2) is 4.45. The van der Waals surface area contributed by atoms with Gasteiger partial charge in [-0.2, -0.15) is 0 Å². The Kier molecular flexibility index (Phi) is 3.78. The first kappa shape index (κ1) is 11.0. The van der Waals surface area contributed by atoms with E-state index >= 15 is 0 Å². The first-order valence-corrected chi connectivity index (χ1v) is 5.96. The van der Waals surface area contributed by atoms with Gasteiger partial charge in [0.15, 0.2) is 0 Å². The number of piperidine rings is 1. The van der Waals surface area contributed by atoms with Crippen LogP contribution in [0.5, 0.6) is 0 Å². The van der Waals surface area contributed by atoms with E-state index in [-0.39, 0.29) is 0 Å². The highest BCUT2D eigenvalue weighted by Crippen LogP contribution is 2.52. The molecule has 0 aromatic heterocycles. The fraction of sp³-hybridized carbons (Fsp3) is 1.00. The lowest BCUT2D eigenvalue weighted by atomic mass is 9.94. The third-order valence-electron chi connectivity index (χ3n) is 3.38. The first-order chi connectivity index (χ1) is 6.22. The maximum absolute atomic E-state index is 2.65. The molecule has 13 heavy (non-hydrogen) atoms. The van der Waals surface area contributed by atoms with Crippen molar-refractivity contribution in [1.82, 2.24) is 4.90 Å². The van der Waals surface area contributed by atoms with Crippen molar-refractivity contribution in [3.63, 3.8) is 0 Å². The highest BCUT2D eigenvalue weighted by Gasteiger charge is 2.45. The molecule has 0 unspecified atom stereocenters. The van der Waals surface area contributed by atoms with Gasteiger partial charge in [-0.1, -0.05) is 13.8 Å². The van der Waals surface area contributed by atoms with Crippen LogP contribution in [-0.2, 0) is 0 Å². The lowest BCUT2D eigenvalue weighted by Crippen LogP contribution is -2.40. The van der Waals surface area contributed by atoms with Crippen LogP contribution < -0.4 is 0 Å². The van der Waals surface area contributed by atoms with Crippen molar-refractivity contribution >= 4 is 0 Å². The average molecular weight is 183 g/mol. The van der Waals surface area contributed by atoms with Gasteiger partial charge in [-0.3, -0.25) is 0 Å². The molecule has 1 saturated carbocycles. The van der Waals surface area contributed by atoms with Gasteiger partial charge < -0.3 is 4.90 Å². The van der Waals surface area contributed by atoms with Crippen molar-refractivity contribution in [1.29, 1.82) is 0 Å². The Hall–Kier alpha value is -0.0400. The van der Waals surface area contributed by atoms with Crippen LogP contribution in [0.15, 0.2) is 0 Å². The van der Waals surface area contributed by atoms with E-state index in [1.165, 1.54) is 38.8 Å². The van der Waals surface area contributed by atoms with Gasteiger partial charge in [-0.05, 0) is 51.5 Å². The summed E-state index contributed by atoms with van der Waals surface area (Å²) < 4.78 is 0. The van der Waals surface area contributed by atoms with E-state index in [2.05, 4.69) is 18.7 Å². The quantitative estimate of drug-likeness (QED) is 0.603. The van der Waals surface area contributed by atoms with E-state index in [9.17, 15) is 0 Å². The van der Waals surface area contributed by atoms with Crippen LogP contribution in [0.25, 0.3) is 0 Å². The minimum absolute atomic E-state index is 0.771. The van der Waals surface area contributed by atoms with Crippen molar-refractivity contribution in [2.75, 3.05) is 13.1 Å². The lowest BCUT2D eigenvalue weighted by Gasteiger charge is -2.35. The van der Waals surface area contributed by atoms with Gasteiger partial charge in [0.1, 0.15) is 0 Å². The molecule has 1 spiro atoms. The van der Waals surface area contributed by atoms with Gasteiger partial charge in [0.2, 0.25) is 0 Å². The van der Waals surface area contributed by atoms with Gasteiger partial charge in [0, 0.05) is 12.6 Å². The molecule has 0 bridgehead atoms. The Bertz CT molecular complexity index is 147. The van der Waals surface area contributed by atoms with Crippen molar-refractivity contribution < 1.29 is 0 Å². The normalized spacial score (nSPS) is 25.6. The second-order valence-corrected chi connectivity index (χ2v) is 4.67. The van der Waals surface area contributed by atoms with Crippen LogP contribution in [0.1, 0.15) is 53.4 Å². The fourth-order valence-corrected chi connectivity index (χ4v) is 2.27. The van der Waals surface area contributed by atoms with Crippen molar-refractivity contribution in [2.24, 2.45) is 5.41 Å². The molecule has 0 atom stereocenters.